The second-order valence-corrected chi connectivity index (χ2v) is 1.33. The summed E-state index contributed by atoms with van der Waals surface area (Å²) in [5.74, 6) is 0.167. The minimum atomic E-state index is 0.167. The third kappa shape index (κ3) is 0.676. The summed E-state index contributed by atoms with van der Waals surface area (Å²) < 4.78 is 0.500. The van der Waals surface area contributed by atoms with E-state index >= 15 is 0 Å². The quantitative estimate of drug-likeness (QED) is 0.355. The number of hydrogen-bond acceptors (Lipinski definition) is 3. The Morgan fingerprint density at radius 2 is 2.50 bits per heavy atom. The summed E-state index contributed by atoms with van der Waals surface area (Å²) in [6.07, 6.45) is 2.57. The molecular weight excluding hydrogens is 106 g/mol. The Balaban J connectivity index is 3.13. The van der Waals surface area contributed by atoms with Crippen LogP contribution in [0.5, 0.6) is 0 Å². The lowest BCUT2D eigenvalue weighted by molar-refractivity contribution is -0.593. The third-order valence-electron chi connectivity index (χ3n) is 0.757. The second kappa shape index (κ2) is 1.65. The Labute approximate surface area is 46.2 Å². The molecule has 4 nitrogen and oxygen atoms in total. The first-order chi connectivity index (χ1) is 3.80. The van der Waals surface area contributed by atoms with Crippen LogP contribution in [0.15, 0.2) is 18.6 Å². The largest absolute Gasteiger partial charge is 0.740 e. The Kier molecular flexibility index (Phi) is 0.997. The molecule has 1 heterocycles. The van der Waals surface area contributed by atoms with Crippen molar-refractivity contribution in [2.75, 3.05) is 5.73 Å². The zero-order valence-electron chi connectivity index (χ0n) is 4.11. The number of aromatic nitrogens is 2. The summed E-state index contributed by atoms with van der Waals surface area (Å²) in [6, 6.07) is 1.44. The highest BCUT2D eigenvalue weighted by molar-refractivity contribution is 5.16. The highest BCUT2D eigenvalue weighted by Gasteiger charge is 1.87. The number of nitrogens with zero attached hydrogens (tertiary/aromatic N) is 2. The zero-order chi connectivity index (χ0) is 5.98. The van der Waals surface area contributed by atoms with Crippen LogP contribution in [0.2, 0.25) is 0 Å². The fraction of sp³-hybridized carbons (Fsp3) is 0. The van der Waals surface area contributed by atoms with Gasteiger partial charge in [0.05, 0.1) is 0 Å². The van der Waals surface area contributed by atoms with Gasteiger partial charge < -0.3 is 10.9 Å². The maximum absolute atomic E-state index is 10.3. The molecule has 2 N–H and O–H groups in total. The summed E-state index contributed by atoms with van der Waals surface area (Å²) in [6.45, 7) is 0. The third-order valence-corrected chi connectivity index (χ3v) is 0.757. The molecule has 8 heavy (non-hydrogen) atoms. The molecule has 0 aliphatic carbocycles. The van der Waals surface area contributed by atoms with Crippen LogP contribution < -0.4 is 10.5 Å². The Morgan fingerprint density at radius 3 is 2.88 bits per heavy atom. The maximum Gasteiger partial charge on any atom is 0.225 e. The molecule has 0 fully saturated rings. The van der Waals surface area contributed by atoms with Crippen molar-refractivity contribution in [2.45, 2.75) is 0 Å². The molecule has 4 heteroatoms. The second-order valence-electron chi connectivity index (χ2n) is 1.33. The van der Waals surface area contributed by atoms with Crippen molar-refractivity contribution in [2.24, 2.45) is 0 Å². The summed E-state index contributed by atoms with van der Waals surface area (Å²) in [4.78, 5) is 3.52. The summed E-state index contributed by atoms with van der Waals surface area (Å²) in [5.41, 5.74) is 5.13. The summed E-state index contributed by atoms with van der Waals surface area (Å²) >= 11 is 0. The minimum absolute atomic E-state index is 0.167. The predicted molar refractivity (Wildman–Crippen MR) is 27.6 cm³/mol. The highest BCUT2D eigenvalue weighted by atomic mass is 16.5. The molecule has 0 amide bonds. The van der Waals surface area contributed by atoms with E-state index in [4.69, 9.17) is 5.73 Å². The molecule has 0 spiro atoms. The van der Waals surface area contributed by atoms with E-state index in [-0.39, 0.29) is 5.82 Å². The Hall–Kier alpha value is -1.32. The molecule has 42 valence electrons. The molecule has 1 aromatic rings. The summed E-state index contributed by atoms with van der Waals surface area (Å²) in [7, 11) is 0. The van der Waals surface area contributed by atoms with E-state index in [1.165, 1.54) is 12.3 Å². The van der Waals surface area contributed by atoms with Gasteiger partial charge in [0.1, 0.15) is 6.20 Å². The van der Waals surface area contributed by atoms with Crippen molar-refractivity contribution in [1.82, 2.24) is 4.98 Å². The van der Waals surface area contributed by atoms with Gasteiger partial charge in [0.25, 0.3) is 0 Å². The van der Waals surface area contributed by atoms with Gasteiger partial charge in [-0.25, -0.2) is 0 Å². The van der Waals surface area contributed by atoms with Crippen LogP contribution in [0.3, 0.4) is 0 Å². The number of anilines is 1. The highest BCUT2D eigenvalue weighted by Crippen LogP contribution is 1.83. The standard InChI is InChI=1S/C4H5N3O/c5-4-1-2-6-3-7(4)8/h1-3H,5H2. The number of nitrogen functional groups attached to an aromatic ring is 1. The monoisotopic (exact) mass is 111 g/mol. The van der Waals surface area contributed by atoms with E-state index in [2.05, 4.69) is 4.98 Å². The van der Waals surface area contributed by atoms with Gasteiger partial charge in [-0.2, -0.15) is 0 Å². The number of rotatable bonds is 0. The van der Waals surface area contributed by atoms with Gasteiger partial charge in [-0.05, 0) is 0 Å². The minimum Gasteiger partial charge on any atom is -0.740 e. The van der Waals surface area contributed by atoms with Gasteiger partial charge >= 0.3 is 0 Å². The Morgan fingerprint density at radius 1 is 1.75 bits per heavy atom. The van der Waals surface area contributed by atoms with Crippen molar-refractivity contribution in [3.05, 3.63) is 23.8 Å². The molecule has 0 bridgehead atoms. The van der Waals surface area contributed by atoms with Crippen molar-refractivity contribution in [1.29, 1.82) is 0 Å². The zero-order valence-corrected chi connectivity index (χ0v) is 4.11. The van der Waals surface area contributed by atoms with Gasteiger partial charge in [-0.3, -0.25) is 4.73 Å². The molecule has 0 saturated heterocycles. The average molecular weight is 111 g/mol. The van der Waals surface area contributed by atoms with Gasteiger partial charge in [0.2, 0.25) is 12.1 Å². The maximum atomic E-state index is 10.3. The van der Waals surface area contributed by atoms with Crippen molar-refractivity contribution < 1.29 is 4.73 Å². The number of hydrogen-bond donors (Lipinski definition) is 1. The van der Waals surface area contributed by atoms with Gasteiger partial charge in [0, 0.05) is 6.07 Å². The first kappa shape index (κ1) is 4.83. The van der Waals surface area contributed by atoms with Crippen LogP contribution in [-0.2, 0) is 0 Å². The molecule has 0 unspecified atom stereocenters. The van der Waals surface area contributed by atoms with Crippen LogP contribution in [-0.4, -0.2) is 4.98 Å². The molecular formula is C4H5N3O. The van der Waals surface area contributed by atoms with Crippen LogP contribution in [0, 0.1) is 5.21 Å². The normalized spacial score (nSPS) is 9.00. The molecule has 0 aromatic carbocycles. The first-order valence-electron chi connectivity index (χ1n) is 2.09. The van der Waals surface area contributed by atoms with E-state index in [0.29, 0.717) is 4.73 Å². The molecule has 0 radical (unpaired) electrons. The summed E-state index contributed by atoms with van der Waals surface area (Å²) in [5, 5.41) is 10.3. The topological polar surface area (TPSA) is 65.8 Å². The fourth-order valence-electron chi connectivity index (χ4n) is 0.359. The van der Waals surface area contributed by atoms with E-state index < -0.39 is 0 Å². The lowest BCUT2D eigenvalue weighted by atomic mass is 10.6. The Bertz CT molecular complexity index is 167. The smallest absolute Gasteiger partial charge is 0.225 e. The molecule has 0 atom stereocenters. The molecule has 0 saturated carbocycles. The van der Waals surface area contributed by atoms with Crippen LogP contribution in [0.25, 0.3) is 0 Å². The fourth-order valence-corrected chi connectivity index (χ4v) is 0.359. The van der Waals surface area contributed by atoms with E-state index in [1.807, 2.05) is 0 Å². The van der Waals surface area contributed by atoms with Crippen LogP contribution in [0.1, 0.15) is 0 Å². The van der Waals surface area contributed by atoms with Crippen LogP contribution in [0.4, 0.5) is 5.82 Å². The lowest BCUT2D eigenvalue weighted by Gasteiger charge is -2.00. The van der Waals surface area contributed by atoms with Crippen molar-refractivity contribution in [3.8, 4) is 0 Å². The predicted octanol–water partition coefficient (Wildman–Crippen LogP) is -0.703. The van der Waals surface area contributed by atoms with E-state index in [1.54, 1.807) is 0 Å². The molecule has 1 aromatic heterocycles. The average Bonchev–Trinajstić information content (AvgIpc) is 1.77. The van der Waals surface area contributed by atoms with Gasteiger partial charge in [-0.1, -0.05) is 0 Å². The van der Waals surface area contributed by atoms with Crippen molar-refractivity contribution >= 4 is 5.82 Å². The molecule has 1 rings (SSSR count). The first-order valence-corrected chi connectivity index (χ1v) is 2.09. The molecule has 0 aliphatic heterocycles. The lowest BCUT2D eigenvalue weighted by Crippen LogP contribution is -2.29. The molecule has 0 aliphatic rings. The van der Waals surface area contributed by atoms with Gasteiger partial charge in [0.15, 0.2) is 0 Å². The van der Waals surface area contributed by atoms with E-state index in [9.17, 15) is 5.21 Å². The SMILES string of the molecule is Nc1ccnc[n+]1[O-]. The van der Waals surface area contributed by atoms with Crippen molar-refractivity contribution in [3.63, 3.8) is 0 Å². The van der Waals surface area contributed by atoms with Crippen LogP contribution >= 0.6 is 0 Å². The number of nitrogens with two attached hydrogens (primary N) is 1. The van der Waals surface area contributed by atoms with E-state index in [0.717, 1.165) is 6.33 Å². The van der Waals surface area contributed by atoms with Gasteiger partial charge in [-0.15, -0.1) is 4.98 Å².